The molecule has 130 valence electrons. The van der Waals surface area contributed by atoms with Crippen molar-refractivity contribution in [2.24, 2.45) is 0 Å². The molecule has 0 aliphatic rings. The normalized spacial score (nSPS) is 11.0. The van der Waals surface area contributed by atoms with Crippen LogP contribution in [-0.4, -0.2) is 22.9 Å². The van der Waals surface area contributed by atoms with Crippen molar-refractivity contribution in [1.29, 1.82) is 0 Å². The van der Waals surface area contributed by atoms with Gasteiger partial charge in [-0.05, 0) is 44.2 Å². The monoisotopic (exact) mass is 341 g/mol. The summed E-state index contributed by atoms with van der Waals surface area (Å²) in [5.74, 6) is 0. The molecule has 0 spiro atoms. The molecule has 0 aliphatic heterocycles. The molecule has 4 aromatic rings. The molecule has 1 aromatic heterocycles. The van der Waals surface area contributed by atoms with Crippen LogP contribution in [0.3, 0.4) is 0 Å². The number of nitrogens with zero attached hydrogens (tertiary/aromatic N) is 3. The van der Waals surface area contributed by atoms with Gasteiger partial charge in [0, 0.05) is 29.7 Å². The first-order chi connectivity index (χ1) is 12.8. The molecule has 0 amide bonds. The summed E-state index contributed by atoms with van der Waals surface area (Å²) in [6.45, 7) is 6.40. The maximum Gasteiger partial charge on any atom is 0.101 e. The van der Waals surface area contributed by atoms with Crippen molar-refractivity contribution in [3.05, 3.63) is 78.9 Å². The van der Waals surface area contributed by atoms with Gasteiger partial charge in [0.05, 0.1) is 11.2 Å². The Hall–Kier alpha value is -3.07. The fraction of sp³-hybridized carbons (Fsp3) is 0.174. The fourth-order valence-corrected chi connectivity index (χ4v) is 3.46. The second-order valence-corrected chi connectivity index (χ2v) is 6.33. The Bertz CT molecular complexity index is 997. The van der Waals surface area contributed by atoms with Crippen molar-refractivity contribution in [1.82, 2.24) is 9.78 Å². The summed E-state index contributed by atoms with van der Waals surface area (Å²) in [4.78, 5) is 2.35. The summed E-state index contributed by atoms with van der Waals surface area (Å²) in [5, 5.41) is 6.12. The highest BCUT2D eigenvalue weighted by atomic mass is 15.3. The Labute approximate surface area is 154 Å². The van der Waals surface area contributed by atoms with Crippen molar-refractivity contribution < 1.29 is 0 Å². The molecule has 1 heterocycles. The van der Waals surface area contributed by atoms with Gasteiger partial charge in [0.2, 0.25) is 0 Å². The standard InChI is InChI=1S/C23H23N3/c1-3-25(4-2)19-16-14-18(15-17-19)23-21-12-8-9-13-22(21)26(24-23)20-10-6-5-7-11-20/h5-17H,3-4H2,1-2H3. The quantitative estimate of drug-likeness (QED) is 0.475. The summed E-state index contributed by atoms with van der Waals surface area (Å²) in [7, 11) is 0. The molecule has 3 nitrogen and oxygen atoms in total. The molecule has 3 heteroatoms. The third kappa shape index (κ3) is 2.86. The highest BCUT2D eigenvalue weighted by Crippen LogP contribution is 2.30. The lowest BCUT2D eigenvalue weighted by molar-refractivity contribution is 0.866. The van der Waals surface area contributed by atoms with Crippen LogP contribution in [0.25, 0.3) is 27.8 Å². The molecule has 0 bridgehead atoms. The Balaban J connectivity index is 1.82. The van der Waals surface area contributed by atoms with Gasteiger partial charge in [0.25, 0.3) is 0 Å². The van der Waals surface area contributed by atoms with Crippen LogP contribution in [0.4, 0.5) is 5.69 Å². The van der Waals surface area contributed by atoms with Crippen molar-refractivity contribution in [2.75, 3.05) is 18.0 Å². The predicted octanol–water partition coefficient (Wildman–Crippen LogP) is 5.54. The van der Waals surface area contributed by atoms with Crippen LogP contribution in [0.1, 0.15) is 13.8 Å². The number of fused-ring (bicyclic) bond motifs is 1. The average molecular weight is 341 g/mol. The summed E-state index contributed by atoms with van der Waals surface area (Å²) in [6, 6.07) is 27.5. The van der Waals surface area contributed by atoms with Crippen molar-refractivity contribution in [3.8, 4) is 16.9 Å². The Morgan fingerprint density at radius 3 is 2.12 bits per heavy atom. The topological polar surface area (TPSA) is 21.1 Å². The fourth-order valence-electron chi connectivity index (χ4n) is 3.46. The van der Waals surface area contributed by atoms with Gasteiger partial charge in [-0.15, -0.1) is 0 Å². The van der Waals surface area contributed by atoms with E-state index in [9.17, 15) is 0 Å². The third-order valence-corrected chi connectivity index (χ3v) is 4.86. The van der Waals surface area contributed by atoms with Gasteiger partial charge < -0.3 is 4.90 Å². The number of rotatable bonds is 5. The molecule has 0 N–H and O–H groups in total. The van der Waals surface area contributed by atoms with E-state index in [2.05, 4.69) is 79.4 Å². The molecule has 4 rings (SSSR count). The molecule has 26 heavy (non-hydrogen) atoms. The number of aromatic nitrogens is 2. The molecule has 0 radical (unpaired) electrons. The van der Waals surface area contributed by atoms with Crippen LogP contribution in [-0.2, 0) is 0 Å². The minimum Gasteiger partial charge on any atom is -0.372 e. The Morgan fingerprint density at radius 2 is 1.42 bits per heavy atom. The van der Waals surface area contributed by atoms with Crippen molar-refractivity contribution in [2.45, 2.75) is 13.8 Å². The molecule has 3 aromatic carbocycles. The van der Waals surface area contributed by atoms with E-state index in [0.717, 1.165) is 35.6 Å². The second-order valence-electron chi connectivity index (χ2n) is 6.33. The molecule has 0 unspecified atom stereocenters. The minimum absolute atomic E-state index is 1.02. The van der Waals surface area contributed by atoms with Gasteiger partial charge in [-0.2, -0.15) is 5.10 Å². The maximum absolute atomic E-state index is 4.95. The van der Waals surface area contributed by atoms with Crippen LogP contribution in [0.2, 0.25) is 0 Å². The second kappa shape index (κ2) is 7.04. The molecule has 0 saturated carbocycles. The Morgan fingerprint density at radius 1 is 0.769 bits per heavy atom. The highest BCUT2D eigenvalue weighted by molar-refractivity contribution is 5.94. The van der Waals surface area contributed by atoms with Crippen LogP contribution in [0.5, 0.6) is 0 Å². The summed E-state index contributed by atoms with van der Waals surface area (Å²) < 4.78 is 2.03. The number of hydrogen-bond donors (Lipinski definition) is 0. The maximum atomic E-state index is 4.95. The first-order valence-electron chi connectivity index (χ1n) is 9.20. The lowest BCUT2D eigenvalue weighted by Gasteiger charge is -2.21. The van der Waals surface area contributed by atoms with Gasteiger partial charge in [0.1, 0.15) is 5.69 Å². The lowest BCUT2D eigenvalue weighted by atomic mass is 10.1. The number of hydrogen-bond acceptors (Lipinski definition) is 2. The summed E-state index contributed by atoms with van der Waals surface area (Å²) in [5.41, 5.74) is 5.63. The number of anilines is 1. The summed E-state index contributed by atoms with van der Waals surface area (Å²) >= 11 is 0. The first kappa shape index (κ1) is 16.4. The van der Waals surface area contributed by atoms with Gasteiger partial charge >= 0.3 is 0 Å². The van der Waals surface area contributed by atoms with Gasteiger partial charge in [-0.1, -0.05) is 48.5 Å². The van der Waals surface area contributed by atoms with Crippen LogP contribution < -0.4 is 4.90 Å². The van der Waals surface area contributed by atoms with Gasteiger partial charge in [-0.25, -0.2) is 4.68 Å². The van der Waals surface area contributed by atoms with Gasteiger partial charge in [0.15, 0.2) is 0 Å². The van der Waals surface area contributed by atoms with E-state index in [1.54, 1.807) is 0 Å². The predicted molar refractivity (Wildman–Crippen MR) is 110 cm³/mol. The minimum atomic E-state index is 1.02. The number of para-hydroxylation sites is 2. The molecule has 0 saturated heterocycles. The first-order valence-corrected chi connectivity index (χ1v) is 9.20. The zero-order valence-electron chi connectivity index (χ0n) is 15.3. The van der Waals surface area contributed by atoms with Crippen LogP contribution >= 0.6 is 0 Å². The van der Waals surface area contributed by atoms with E-state index in [0.29, 0.717) is 0 Å². The largest absolute Gasteiger partial charge is 0.372 e. The lowest BCUT2D eigenvalue weighted by Crippen LogP contribution is -2.21. The van der Waals surface area contributed by atoms with Crippen LogP contribution in [0.15, 0.2) is 78.9 Å². The zero-order chi connectivity index (χ0) is 17.9. The molecule has 0 fully saturated rings. The molecule has 0 aliphatic carbocycles. The smallest absolute Gasteiger partial charge is 0.101 e. The van der Waals surface area contributed by atoms with E-state index >= 15 is 0 Å². The van der Waals surface area contributed by atoms with Crippen molar-refractivity contribution >= 4 is 16.6 Å². The number of benzene rings is 3. The van der Waals surface area contributed by atoms with Crippen LogP contribution in [0, 0.1) is 0 Å². The van der Waals surface area contributed by atoms with E-state index in [1.165, 1.54) is 11.1 Å². The summed E-state index contributed by atoms with van der Waals surface area (Å²) in [6.07, 6.45) is 0. The van der Waals surface area contributed by atoms with Crippen molar-refractivity contribution in [3.63, 3.8) is 0 Å². The zero-order valence-corrected chi connectivity index (χ0v) is 15.3. The van der Waals surface area contributed by atoms with E-state index in [4.69, 9.17) is 5.10 Å². The molecular formula is C23H23N3. The molecular weight excluding hydrogens is 318 g/mol. The van der Waals surface area contributed by atoms with E-state index < -0.39 is 0 Å². The highest BCUT2D eigenvalue weighted by Gasteiger charge is 2.13. The SMILES string of the molecule is CCN(CC)c1ccc(-c2nn(-c3ccccc3)c3ccccc23)cc1. The average Bonchev–Trinajstić information content (AvgIpc) is 3.10. The third-order valence-electron chi connectivity index (χ3n) is 4.86. The Kier molecular flexibility index (Phi) is 4.44. The molecule has 0 atom stereocenters. The van der Waals surface area contributed by atoms with E-state index in [-0.39, 0.29) is 0 Å². The van der Waals surface area contributed by atoms with Gasteiger partial charge in [-0.3, -0.25) is 0 Å². The van der Waals surface area contributed by atoms with E-state index in [1.807, 2.05) is 22.9 Å².